The number of benzene rings is 1. The molecular formula is C17H22BrN3O2S. The first-order valence-corrected chi connectivity index (χ1v) is 9.59. The summed E-state index contributed by atoms with van der Waals surface area (Å²) in [4.78, 5) is 15.5. The van der Waals surface area contributed by atoms with Crippen molar-refractivity contribution in [3.05, 3.63) is 34.9 Å². The Balaban J connectivity index is 2.18. The van der Waals surface area contributed by atoms with Crippen LogP contribution in [-0.2, 0) is 16.1 Å². The van der Waals surface area contributed by atoms with E-state index >= 15 is 0 Å². The predicted molar refractivity (Wildman–Crippen MR) is 101 cm³/mol. The fourth-order valence-corrected chi connectivity index (χ4v) is 3.23. The highest BCUT2D eigenvalue weighted by Crippen LogP contribution is 2.27. The van der Waals surface area contributed by atoms with E-state index in [0.717, 1.165) is 33.9 Å². The van der Waals surface area contributed by atoms with E-state index in [4.69, 9.17) is 10.5 Å². The Kier molecular flexibility index (Phi) is 7.33. The molecule has 1 amide bonds. The number of halogens is 1. The molecule has 2 N–H and O–H groups in total. The van der Waals surface area contributed by atoms with Gasteiger partial charge in [-0.2, -0.15) is 0 Å². The standard InChI is InChI=1S/C17H22BrN3O2S/c1-12(2)23-9-3-8-21-15(13-4-6-14(18)7-5-13)10-20-17(21)24-11-16(19)22/h4-7,10,12H,3,8-9,11H2,1-2H3,(H2,19,22). The van der Waals surface area contributed by atoms with Crippen LogP contribution in [0.15, 0.2) is 40.1 Å². The molecule has 1 aromatic carbocycles. The predicted octanol–water partition coefficient (Wildman–Crippen LogP) is 3.71. The van der Waals surface area contributed by atoms with Crippen molar-refractivity contribution in [3.63, 3.8) is 0 Å². The van der Waals surface area contributed by atoms with Crippen LogP contribution in [0, 0.1) is 0 Å². The number of aromatic nitrogens is 2. The Morgan fingerprint density at radius 3 is 2.71 bits per heavy atom. The van der Waals surface area contributed by atoms with Gasteiger partial charge >= 0.3 is 0 Å². The highest BCUT2D eigenvalue weighted by atomic mass is 79.9. The van der Waals surface area contributed by atoms with E-state index in [-0.39, 0.29) is 17.8 Å². The second-order valence-corrected chi connectivity index (χ2v) is 7.47. The maximum Gasteiger partial charge on any atom is 0.227 e. The lowest BCUT2D eigenvalue weighted by molar-refractivity contribution is -0.115. The van der Waals surface area contributed by atoms with Crippen LogP contribution in [0.25, 0.3) is 11.3 Å². The molecule has 1 heterocycles. The Morgan fingerprint density at radius 1 is 1.38 bits per heavy atom. The first-order chi connectivity index (χ1) is 11.5. The van der Waals surface area contributed by atoms with Gasteiger partial charge in [-0.05, 0) is 38.0 Å². The van der Waals surface area contributed by atoms with Crippen molar-refractivity contribution >= 4 is 33.6 Å². The third kappa shape index (κ3) is 5.65. The van der Waals surface area contributed by atoms with Gasteiger partial charge in [0.15, 0.2) is 5.16 Å². The summed E-state index contributed by atoms with van der Waals surface area (Å²) in [6.07, 6.45) is 2.94. The topological polar surface area (TPSA) is 70.1 Å². The van der Waals surface area contributed by atoms with Crippen LogP contribution in [0.4, 0.5) is 0 Å². The molecule has 0 radical (unpaired) electrons. The number of hydrogen-bond acceptors (Lipinski definition) is 4. The minimum Gasteiger partial charge on any atom is -0.379 e. The molecule has 2 rings (SSSR count). The maximum atomic E-state index is 11.1. The summed E-state index contributed by atoms with van der Waals surface area (Å²) >= 11 is 4.82. The lowest BCUT2D eigenvalue weighted by Gasteiger charge is -2.13. The zero-order valence-corrected chi connectivity index (χ0v) is 16.3. The Labute approximate surface area is 155 Å². The van der Waals surface area contributed by atoms with Gasteiger partial charge in [-0.25, -0.2) is 4.98 Å². The van der Waals surface area contributed by atoms with E-state index < -0.39 is 0 Å². The smallest absolute Gasteiger partial charge is 0.227 e. The highest BCUT2D eigenvalue weighted by Gasteiger charge is 2.13. The third-order valence-electron chi connectivity index (χ3n) is 3.28. The van der Waals surface area contributed by atoms with Gasteiger partial charge in [0.2, 0.25) is 5.91 Å². The molecule has 0 aliphatic heterocycles. The number of rotatable bonds is 9. The van der Waals surface area contributed by atoms with Gasteiger partial charge in [0.05, 0.1) is 23.7 Å². The summed E-state index contributed by atoms with van der Waals surface area (Å²) in [6.45, 7) is 5.52. The molecule has 0 saturated heterocycles. The van der Waals surface area contributed by atoms with Crippen LogP contribution in [0.3, 0.4) is 0 Å². The monoisotopic (exact) mass is 411 g/mol. The van der Waals surface area contributed by atoms with Gasteiger partial charge in [-0.3, -0.25) is 4.79 Å². The molecule has 24 heavy (non-hydrogen) atoms. The first-order valence-electron chi connectivity index (χ1n) is 7.81. The normalized spacial score (nSPS) is 11.2. The molecule has 0 bridgehead atoms. The second kappa shape index (κ2) is 9.25. The van der Waals surface area contributed by atoms with Crippen molar-refractivity contribution in [1.29, 1.82) is 0 Å². The van der Waals surface area contributed by atoms with Gasteiger partial charge in [0.1, 0.15) is 0 Å². The van der Waals surface area contributed by atoms with Crippen LogP contribution < -0.4 is 5.73 Å². The molecule has 0 spiro atoms. The number of nitrogens with zero attached hydrogens (tertiary/aromatic N) is 2. The Hall–Kier alpha value is -1.31. The summed E-state index contributed by atoms with van der Waals surface area (Å²) in [6, 6.07) is 8.10. The largest absolute Gasteiger partial charge is 0.379 e. The molecule has 0 unspecified atom stereocenters. The lowest BCUT2D eigenvalue weighted by atomic mass is 10.2. The molecular weight excluding hydrogens is 390 g/mol. The summed E-state index contributed by atoms with van der Waals surface area (Å²) in [5.74, 6) is -0.123. The molecule has 0 aliphatic rings. The van der Waals surface area contributed by atoms with Gasteiger partial charge in [-0.15, -0.1) is 0 Å². The number of thioether (sulfide) groups is 1. The van der Waals surface area contributed by atoms with Crippen molar-refractivity contribution in [2.45, 2.75) is 38.1 Å². The molecule has 1 aromatic heterocycles. The van der Waals surface area contributed by atoms with Crippen molar-refractivity contribution in [1.82, 2.24) is 9.55 Å². The number of hydrogen-bond donors (Lipinski definition) is 1. The number of amides is 1. The second-order valence-electron chi connectivity index (χ2n) is 5.61. The SMILES string of the molecule is CC(C)OCCCn1c(-c2ccc(Br)cc2)cnc1SCC(N)=O. The molecule has 7 heteroatoms. The summed E-state index contributed by atoms with van der Waals surface area (Å²) in [5, 5.41) is 0.802. The number of primary amides is 1. The van der Waals surface area contributed by atoms with E-state index in [2.05, 4.69) is 25.5 Å². The number of carbonyl (C=O) groups is 1. The molecule has 5 nitrogen and oxygen atoms in total. The van der Waals surface area contributed by atoms with Crippen molar-refractivity contribution in [2.24, 2.45) is 5.73 Å². The van der Waals surface area contributed by atoms with E-state index in [1.54, 1.807) is 0 Å². The van der Waals surface area contributed by atoms with E-state index in [9.17, 15) is 4.79 Å². The third-order valence-corrected chi connectivity index (χ3v) is 4.82. The van der Waals surface area contributed by atoms with Crippen molar-refractivity contribution in [2.75, 3.05) is 12.4 Å². The van der Waals surface area contributed by atoms with Crippen LogP contribution in [0.5, 0.6) is 0 Å². The molecule has 0 aliphatic carbocycles. The van der Waals surface area contributed by atoms with E-state index in [1.807, 2.05) is 44.3 Å². The fraction of sp³-hybridized carbons (Fsp3) is 0.412. The minimum absolute atomic E-state index is 0.222. The van der Waals surface area contributed by atoms with Crippen LogP contribution in [-0.4, -0.2) is 33.9 Å². The van der Waals surface area contributed by atoms with Crippen molar-refractivity contribution < 1.29 is 9.53 Å². The molecule has 0 fully saturated rings. The molecule has 0 saturated carbocycles. The zero-order chi connectivity index (χ0) is 17.5. The fourth-order valence-electron chi connectivity index (χ4n) is 2.22. The average molecular weight is 412 g/mol. The van der Waals surface area contributed by atoms with Crippen LogP contribution >= 0.6 is 27.7 Å². The average Bonchev–Trinajstić information content (AvgIpc) is 2.93. The van der Waals surface area contributed by atoms with Gasteiger partial charge in [-0.1, -0.05) is 39.8 Å². The van der Waals surface area contributed by atoms with Crippen LogP contribution in [0.2, 0.25) is 0 Å². The van der Waals surface area contributed by atoms with E-state index in [0.29, 0.717) is 6.61 Å². The lowest BCUT2D eigenvalue weighted by Crippen LogP contribution is -2.14. The summed E-state index contributed by atoms with van der Waals surface area (Å²) in [5.41, 5.74) is 7.37. The number of nitrogens with two attached hydrogens (primary N) is 1. The van der Waals surface area contributed by atoms with Crippen molar-refractivity contribution in [3.8, 4) is 11.3 Å². The molecule has 0 atom stereocenters. The zero-order valence-electron chi connectivity index (χ0n) is 13.9. The highest BCUT2D eigenvalue weighted by molar-refractivity contribution is 9.10. The van der Waals surface area contributed by atoms with Gasteiger partial charge < -0.3 is 15.0 Å². The quantitative estimate of drug-likeness (QED) is 0.504. The maximum absolute atomic E-state index is 11.1. The minimum atomic E-state index is -0.345. The number of imidazole rings is 1. The Bertz CT molecular complexity index is 671. The molecule has 2 aromatic rings. The number of ether oxygens (including phenoxy) is 1. The molecule has 130 valence electrons. The van der Waals surface area contributed by atoms with Gasteiger partial charge in [0, 0.05) is 17.6 Å². The Morgan fingerprint density at radius 2 is 2.08 bits per heavy atom. The first kappa shape index (κ1) is 19.0. The summed E-state index contributed by atoms with van der Waals surface area (Å²) in [7, 11) is 0. The summed E-state index contributed by atoms with van der Waals surface area (Å²) < 4.78 is 8.78. The van der Waals surface area contributed by atoms with Crippen LogP contribution in [0.1, 0.15) is 20.3 Å². The van der Waals surface area contributed by atoms with E-state index in [1.165, 1.54) is 11.8 Å². The number of carbonyl (C=O) groups excluding carboxylic acids is 1. The van der Waals surface area contributed by atoms with Gasteiger partial charge in [0.25, 0.3) is 0 Å².